The number of rotatable bonds is 5. The Morgan fingerprint density at radius 3 is 2.56 bits per heavy atom. The zero-order valence-electron chi connectivity index (χ0n) is 17.5. The molecule has 1 aliphatic heterocycles. The van der Waals surface area contributed by atoms with Crippen LogP contribution in [0.15, 0.2) is 54.2 Å². The highest BCUT2D eigenvalue weighted by molar-refractivity contribution is 5.56. The van der Waals surface area contributed by atoms with Crippen molar-refractivity contribution in [2.24, 2.45) is 0 Å². The summed E-state index contributed by atoms with van der Waals surface area (Å²) in [5.41, 5.74) is 2.48. The highest BCUT2D eigenvalue weighted by Gasteiger charge is 2.35. The number of ether oxygens (including phenoxy) is 1. The van der Waals surface area contributed by atoms with Gasteiger partial charge in [-0.05, 0) is 49.1 Å². The first-order valence-corrected chi connectivity index (χ1v) is 10.4. The van der Waals surface area contributed by atoms with Crippen molar-refractivity contribution < 1.29 is 17.9 Å². The third-order valence-corrected chi connectivity index (χ3v) is 5.11. The third kappa shape index (κ3) is 5.40. The topological polar surface area (TPSA) is 64.0 Å². The maximum atomic E-state index is 13.1. The van der Waals surface area contributed by atoms with E-state index in [9.17, 15) is 13.2 Å². The molecule has 4 rings (SSSR count). The molecule has 0 aliphatic carbocycles. The van der Waals surface area contributed by atoms with Gasteiger partial charge in [-0.2, -0.15) is 23.3 Å². The summed E-state index contributed by atoms with van der Waals surface area (Å²) in [4.78, 5) is 9.29. The Morgan fingerprint density at radius 1 is 1.06 bits per heavy atom. The smallest absolute Gasteiger partial charge is 0.439 e. The number of aromatic nitrogens is 4. The molecule has 1 saturated heterocycles. The monoisotopic (exact) mass is 441 g/mol. The minimum Gasteiger partial charge on any atom is -0.439 e. The minimum absolute atomic E-state index is 0.119. The number of hydrogen-bond donors (Lipinski definition) is 0. The van der Waals surface area contributed by atoms with Crippen LogP contribution in [0.1, 0.15) is 36.8 Å². The molecule has 0 radical (unpaired) electrons. The first-order chi connectivity index (χ1) is 15.4. The third-order valence-electron chi connectivity index (χ3n) is 5.11. The second kappa shape index (κ2) is 9.33. The Kier molecular flexibility index (Phi) is 6.34. The van der Waals surface area contributed by atoms with E-state index in [1.807, 2.05) is 24.3 Å². The van der Waals surface area contributed by atoms with Gasteiger partial charge in [0.2, 0.25) is 11.7 Å². The van der Waals surface area contributed by atoms with Gasteiger partial charge in [0, 0.05) is 31.0 Å². The summed E-state index contributed by atoms with van der Waals surface area (Å²) in [6, 6.07) is 12.5. The Hall–Kier alpha value is -3.49. The van der Waals surface area contributed by atoms with Gasteiger partial charge >= 0.3 is 6.18 Å². The Morgan fingerprint density at radius 2 is 1.88 bits per heavy atom. The van der Waals surface area contributed by atoms with E-state index in [0.717, 1.165) is 37.3 Å². The van der Waals surface area contributed by atoms with Crippen molar-refractivity contribution in [1.29, 1.82) is 0 Å². The number of anilines is 1. The molecule has 166 valence electrons. The lowest BCUT2D eigenvalue weighted by Gasteiger charge is -2.29. The number of aryl methyl sites for hydroxylation is 1. The highest BCUT2D eigenvalue weighted by Crippen LogP contribution is 2.30. The van der Waals surface area contributed by atoms with Gasteiger partial charge in [-0.15, -0.1) is 5.10 Å². The fourth-order valence-electron chi connectivity index (χ4n) is 3.49. The maximum Gasteiger partial charge on any atom is 0.451 e. The predicted octanol–water partition coefficient (Wildman–Crippen LogP) is 5.32. The van der Waals surface area contributed by atoms with E-state index < -0.39 is 12.0 Å². The normalized spacial score (nSPS) is 14.4. The number of piperidine rings is 1. The zero-order valence-corrected chi connectivity index (χ0v) is 17.5. The number of halogens is 3. The maximum absolute atomic E-state index is 13.1. The number of alkyl halides is 3. The van der Waals surface area contributed by atoms with Crippen LogP contribution in [0.2, 0.25) is 0 Å². The quantitative estimate of drug-likeness (QED) is 0.534. The molecule has 1 aliphatic rings. The average Bonchev–Trinajstić information content (AvgIpc) is 2.79. The van der Waals surface area contributed by atoms with E-state index in [2.05, 4.69) is 31.1 Å². The van der Waals surface area contributed by atoms with Crippen molar-refractivity contribution in [2.45, 2.75) is 32.4 Å². The van der Waals surface area contributed by atoms with E-state index >= 15 is 0 Å². The van der Waals surface area contributed by atoms with Crippen LogP contribution in [0.3, 0.4) is 0 Å². The van der Waals surface area contributed by atoms with Gasteiger partial charge < -0.3 is 9.64 Å². The van der Waals surface area contributed by atoms with Crippen molar-refractivity contribution >= 4 is 11.9 Å². The molecule has 0 unspecified atom stereocenters. The predicted molar refractivity (Wildman–Crippen MR) is 114 cm³/mol. The first kappa shape index (κ1) is 21.7. The van der Waals surface area contributed by atoms with Crippen LogP contribution >= 0.6 is 0 Å². The molecule has 1 aromatic carbocycles. The molecular formula is C23H22F3N5O. The lowest BCUT2D eigenvalue weighted by molar-refractivity contribution is -0.145. The Labute approximate surface area is 183 Å². The number of benzene rings is 1. The summed E-state index contributed by atoms with van der Waals surface area (Å²) in [7, 11) is 0. The van der Waals surface area contributed by atoms with E-state index in [1.165, 1.54) is 11.6 Å². The summed E-state index contributed by atoms with van der Waals surface area (Å²) < 4.78 is 44.9. The molecule has 0 amide bonds. The van der Waals surface area contributed by atoms with Crippen LogP contribution in [0, 0.1) is 0 Å². The number of nitrogens with zero attached hydrogens (tertiary/aromatic N) is 5. The summed E-state index contributed by atoms with van der Waals surface area (Å²) in [5.74, 6) is -0.0204. The van der Waals surface area contributed by atoms with E-state index in [-0.39, 0.29) is 11.6 Å². The van der Waals surface area contributed by atoms with Gasteiger partial charge in [-0.25, -0.2) is 4.98 Å². The zero-order chi connectivity index (χ0) is 22.6. The standard InChI is InChI=1S/C23H22F3N5O/c1-2-18-15-21(29-22(28-18)23(24,25)26)32-19-6-3-5-17(14-19)13-16-8-11-31(12-9-16)20-7-4-10-27-30-20/h3-7,10,13-15H,2,8-9,11-12H2,1H3. The van der Waals surface area contributed by atoms with Gasteiger partial charge in [0.1, 0.15) is 5.75 Å². The first-order valence-electron chi connectivity index (χ1n) is 10.4. The molecule has 2 aromatic heterocycles. The summed E-state index contributed by atoms with van der Waals surface area (Å²) in [6.45, 7) is 3.43. The molecule has 0 atom stereocenters. The molecule has 6 nitrogen and oxygen atoms in total. The van der Waals surface area contributed by atoms with Crippen molar-refractivity contribution in [3.05, 3.63) is 71.3 Å². The molecule has 3 heterocycles. The van der Waals surface area contributed by atoms with Gasteiger partial charge in [-0.3, -0.25) is 0 Å². The Balaban J connectivity index is 1.47. The highest BCUT2D eigenvalue weighted by atomic mass is 19.4. The second-order valence-corrected chi connectivity index (χ2v) is 7.42. The van der Waals surface area contributed by atoms with Crippen molar-refractivity contribution in [3.8, 4) is 11.6 Å². The molecule has 0 N–H and O–H groups in total. The lowest BCUT2D eigenvalue weighted by Crippen LogP contribution is -2.31. The fraction of sp³-hybridized carbons (Fsp3) is 0.304. The van der Waals surface area contributed by atoms with Gasteiger partial charge in [0.15, 0.2) is 5.82 Å². The van der Waals surface area contributed by atoms with Crippen LogP contribution in [-0.4, -0.2) is 33.3 Å². The molecule has 0 saturated carbocycles. The molecular weight excluding hydrogens is 419 g/mol. The largest absolute Gasteiger partial charge is 0.451 e. The van der Waals surface area contributed by atoms with Crippen molar-refractivity contribution in [3.63, 3.8) is 0 Å². The molecule has 32 heavy (non-hydrogen) atoms. The van der Waals surface area contributed by atoms with Crippen LogP contribution in [0.25, 0.3) is 6.08 Å². The van der Waals surface area contributed by atoms with E-state index in [1.54, 1.807) is 25.3 Å². The molecule has 0 bridgehead atoms. The van der Waals surface area contributed by atoms with E-state index in [0.29, 0.717) is 12.2 Å². The van der Waals surface area contributed by atoms with Crippen LogP contribution in [-0.2, 0) is 12.6 Å². The summed E-state index contributed by atoms with van der Waals surface area (Å²) >= 11 is 0. The van der Waals surface area contributed by atoms with Crippen molar-refractivity contribution in [1.82, 2.24) is 20.2 Å². The molecule has 9 heteroatoms. The Bertz CT molecular complexity index is 1090. The summed E-state index contributed by atoms with van der Waals surface area (Å²) in [6.07, 6.45) is 1.25. The van der Waals surface area contributed by atoms with E-state index in [4.69, 9.17) is 4.74 Å². The molecule has 0 spiro atoms. The van der Waals surface area contributed by atoms with Gasteiger partial charge in [0.25, 0.3) is 0 Å². The SMILES string of the molecule is CCc1cc(Oc2cccc(C=C3CCN(c4cccnn4)CC3)c2)nc(C(F)(F)F)n1. The average molecular weight is 441 g/mol. The second-order valence-electron chi connectivity index (χ2n) is 7.42. The summed E-state index contributed by atoms with van der Waals surface area (Å²) in [5, 5.41) is 8.08. The fourth-order valence-corrected chi connectivity index (χ4v) is 3.49. The van der Waals surface area contributed by atoms with Gasteiger partial charge in [0.05, 0.1) is 0 Å². The van der Waals surface area contributed by atoms with Crippen LogP contribution in [0.4, 0.5) is 19.0 Å². The number of hydrogen-bond acceptors (Lipinski definition) is 6. The van der Waals surface area contributed by atoms with Crippen LogP contribution < -0.4 is 9.64 Å². The van der Waals surface area contributed by atoms with Crippen molar-refractivity contribution in [2.75, 3.05) is 18.0 Å². The van der Waals surface area contributed by atoms with Gasteiger partial charge in [-0.1, -0.05) is 30.7 Å². The molecule has 3 aromatic rings. The molecule has 1 fully saturated rings. The lowest BCUT2D eigenvalue weighted by atomic mass is 10.0. The van der Waals surface area contributed by atoms with Crippen LogP contribution in [0.5, 0.6) is 11.6 Å². The minimum atomic E-state index is -4.63.